The van der Waals surface area contributed by atoms with Crippen molar-refractivity contribution < 1.29 is 9.59 Å². The Hall–Kier alpha value is -3.78. The molecular formula is C25H21N5O2S. The number of imide groups is 1. The molecule has 0 saturated carbocycles. The molecule has 3 heterocycles. The number of carbonyl (C=O) groups is 2. The minimum absolute atomic E-state index is 0.245. The van der Waals surface area contributed by atoms with Gasteiger partial charge in [0.05, 0.1) is 11.1 Å². The molecule has 1 aliphatic rings. The Kier molecular flexibility index (Phi) is 5.75. The highest BCUT2D eigenvalue weighted by molar-refractivity contribution is 7.99. The molecule has 0 bridgehead atoms. The summed E-state index contributed by atoms with van der Waals surface area (Å²) < 4.78 is 2.00. The minimum atomic E-state index is -0.245. The van der Waals surface area contributed by atoms with Crippen LogP contribution in [0.1, 0.15) is 33.2 Å². The zero-order chi connectivity index (χ0) is 22.8. The topological polar surface area (TPSA) is 81.0 Å². The van der Waals surface area contributed by atoms with E-state index < -0.39 is 0 Å². The molecular weight excluding hydrogens is 434 g/mol. The van der Waals surface area contributed by atoms with Crippen LogP contribution in [0.2, 0.25) is 0 Å². The number of benzene rings is 2. The van der Waals surface area contributed by atoms with Crippen LogP contribution in [0.15, 0.2) is 78.2 Å². The summed E-state index contributed by atoms with van der Waals surface area (Å²) in [7, 11) is 0. The Morgan fingerprint density at radius 2 is 1.52 bits per heavy atom. The number of aromatic nitrogens is 4. The third kappa shape index (κ3) is 3.93. The molecule has 8 heteroatoms. The fourth-order valence-electron chi connectivity index (χ4n) is 3.84. The summed E-state index contributed by atoms with van der Waals surface area (Å²) in [5, 5.41) is 9.55. The van der Waals surface area contributed by atoms with Gasteiger partial charge in [-0.3, -0.25) is 24.0 Å². The number of nitrogens with zero attached hydrogens (tertiary/aromatic N) is 5. The molecule has 0 N–H and O–H groups in total. The molecule has 0 fully saturated rings. The van der Waals surface area contributed by atoms with Gasteiger partial charge < -0.3 is 0 Å². The van der Waals surface area contributed by atoms with Crippen molar-refractivity contribution in [3.63, 3.8) is 0 Å². The van der Waals surface area contributed by atoms with Crippen LogP contribution < -0.4 is 0 Å². The number of hydrogen-bond acceptors (Lipinski definition) is 6. The Morgan fingerprint density at radius 1 is 0.848 bits per heavy atom. The summed E-state index contributed by atoms with van der Waals surface area (Å²) in [4.78, 5) is 30.7. The normalized spacial score (nSPS) is 12.9. The van der Waals surface area contributed by atoms with Crippen molar-refractivity contribution in [3.05, 3.63) is 89.7 Å². The number of hydrogen-bond donors (Lipinski definition) is 0. The largest absolute Gasteiger partial charge is 0.273 e. The van der Waals surface area contributed by atoms with E-state index >= 15 is 0 Å². The smallest absolute Gasteiger partial charge is 0.261 e. The van der Waals surface area contributed by atoms with E-state index in [1.807, 2.05) is 16.7 Å². The average Bonchev–Trinajstić information content (AvgIpc) is 3.40. The number of pyridine rings is 1. The molecule has 2 aromatic carbocycles. The van der Waals surface area contributed by atoms with Crippen LogP contribution in [0.5, 0.6) is 0 Å². The maximum Gasteiger partial charge on any atom is 0.261 e. The molecule has 2 aromatic heterocycles. The van der Waals surface area contributed by atoms with Gasteiger partial charge in [0.1, 0.15) is 0 Å². The van der Waals surface area contributed by atoms with Gasteiger partial charge in [0.25, 0.3) is 11.8 Å². The van der Waals surface area contributed by atoms with Gasteiger partial charge in [-0.15, -0.1) is 10.2 Å². The molecule has 0 spiro atoms. The molecule has 0 atom stereocenters. The standard InChI is InChI=1S/C25H21N5O2S/c1-2-17-7-9-19(10-8-17)30-22(18-11-13-26-14-12-18)27-28-25(30)33-16-15-29-23(31)20-5-3-4-6-21(20)24(29)32/h3-14H,2,15-16H2,1H3. The van der Waals surface area contributed by atoms with Gasteiger partial charge in [0.2, 0.25) is 0 Å². The third-order valence-electron chi connectivity index (χ3n) is 5.60. The summed E-state index contributed by atoms with van der Waals surface area (Å²) in [5.41, 5.74) is 4.03. The second-order valence-corrected chi connectivity index (χ2v) is 8.62. The minimum Gasteiger partial charge on any atom is -0.273 e. The van der Waals surface area contributed by atoms with Gasteiger partial charge >= 0.3 is 0 Å². The summed E-state index contributed by atoms with van der Waals surface area (Å²) in [6.07, 6.45) is 4.41. The zero-order valence-corrected chi connectivity index (χ0v) is 18.8. The highest BCUT2D eigenvalue weighted by Gasteiger charge is 2.34. The Morgan fingerprint density at radius 3 is 2.15 bits per heavy atom. The molecule has 0 aliphatic carbocycles. The predicted molar refractivity (Wildman–Crippen MR) is 127 cm³/mol. The maximum absolute atomic E-state index is 12.6. The lowest BCUT2D eigenvalue weighted by atomic mass is 10.1. The molecule has 164 valence electrons. The lowest BCUT2D eigenvalue weighted by molar-refractivity contribution is 0.0664. The molecule has 0 radical (unpaired) electrons. The van der Waals surface area contributed by atoms with Crippen molar-refractivity contribution in [1.29, 1.82) is 0 Å². The van der Waals surface area contributed by atoms with Crippen molar-refractivity contribution in [1.82, 2.24) is 24.6 Å². The molecule has 7 nitrogen and oxygen atoms in total. The van der Waals surface area contributed by atoms with Gasteiger partial charge in [0, 0.05) is 35.9 Å². The lowest BCUT2D eigenvalue weighted by Crippen LogP contribution is -2.31. The summed E-state index contributed by atoms with van der Waals surface area (Å²) in [5.74, 6) is 0.730. The number of rotatable bonds is 7. The molecule has 0 saturated heterocycles. The molecule has 1 aliphatic heterocycles. The zero-order valence-electron chi connectivity index (χ0n) is 18.0. The second kappa shape index (κ2) is 8.99. The number of fused-ring (bicyclic) bond motifs is 1. The quantitative estimate of drug-likeness (QED) is 0.306. The van der Waals surface area contributed by atoms with Crippen LogP contribution in [0.3, 0.4) is 0 Å². The molecule has 4 aromatic rings. The van der Waals surface area contributed by atoms with E-state index in [0.717, 1.165) is 17.7 Å². The van der Waals surface area contributed by atoms with Crippen LogP contribution in [-0.2, 0) is 6.42 Å². The van der Waals surface area contributed by atoms with Gasteiger partial charge in [-0.1, -0.05) is 43.0 Å². The van der Waals surface area contributed by atoms with E-state index in [2.05, 4.69) is 46.4 Å². The van der Waals surface area contributed by atoms with Crippen molar-refractivity contribution in [3.8, 4) is 17.1 Å². The van der Waals surface area contributed by atoms with E-state index in [1.54, 1.807) is 36.7 Å². The highest BCUT2D eigenvalue weighted by atomic mass is 32.2. The number of carbonyl (C=O) groups excluding carboxylic acids is 2. The first-order valence-electron chi connectivity index (χ1n) is 10.7. The number of amides is 2. The van der Waals surface area contributed by atoms with Crippen molar-refractivity contribution in [2.75, 3.05) is 12.3 Å². The molecule has 0 unspecified atom stereocenters. The summed E-state index contributed by atoms with van der Waals surface area (Å²) >= 11 is 1.46. The number of aryl methyl sites for hydroxylation is 1. The highest BCUT2D eigenvalue weighted by Crippen LogP contribution is 2.29. The van der Waals surface area contributed by atoms with Crippen LogP contribution in [0.25, 0.3) is 17.1 Å². The first-order chi connectivity index (χ1) is 16.2. The first-order valence-corrected chi connectivity index (χ1v) is 11.7. The molecule has 2 amide bonds. The fourth-order valence-corrected chi connectivity index (χ4v) is 4.71. The van der Waals surface area contributed by atoms with E-state index in [9.17, 15) is 9.59 Å². The fraction of sp³-hybridized carbons (Fsp3) is 0.160. The van der Waals surface area contributed by atoms with Gasteiger partial charge in [0.15, 0.2) is 11.0 Å². The van der Waals surface area contributed by atoms with Crippen molar-refractivity contribution in [2.45, 2.75) is 18.5 Å². The maximum atomic E-state index is 12.6. The van der Waals surface area contributed by atoms with Crippen LogP contribution >= 0.6 is 11.8 Å². The average molecular weight is 456 g/mol. The van der Waals surface area contributed by atoms with E-state index in [-0.39, 0.29) is 11.8 Å². The SMILES string of the molecule is CCc1ccc(-n2c(SCCN3C(=O)c4ccccc4C3=O)nnc2-c2ccncc2)cc1. The van der Waals surface area contributed by atoms with E-state index in [0.29, 0.717) is 34.4 Å². The number of thioether (sulfide) groups is 1. The van der Waals surface area contributed by atoms with Gasteiger partial charge in [-0.05, 0) is 48.4 Å². The second-order valence-electron chi connectivity index (χ2n) is 7.55. The monoisotopic (exact) mass is 455 g/mol. The Labute approximate surface area is 195 Å². The Balaban J connectivity index is 1.40. The lowest BCUT2D eigenvalue weighted by Gasteiger charge is -2.14. The summed E-state index contributed by atoms with van der Waals surface area (Å²) in [6.45, 7) is 2.42. The Bertz CT molecular complexity index is 1280. The molecule has 33 heavy (non-hydrogen) atoms. The van der Waals surface area contributed by atoms with Gasteiger partial charge in [-0.2, -0.15) is 0 Å². The summed E-state index contributed by atoms with van der Waals surface area (Å²) in [6, 6.07) is 19.0. The van der Waals surface area contributed by atoms with E-state index in [1.165, 1.54) is 22.2 Å². The van der Waals surface area contributed by atoms with Crippen LogP contribution in [0.4, 0.5) is 0 Å². The van der Waals surface area contributed by atoms with Crippen LogP contribution in [0, 0.1) is 0 Å². The van der Waals surface area contributed by atoms with Crippen LogP contribution in [-0.4, -0.2) is 48.8 Å². The third-order valence-corrected chi connectivity index (χ3v) is 6.51. The predicted octanol–water partition coefficient (Wildman–Crippen LogP) is 4.28. The van der Waals surface area contributed by atoms with Crippen molar-refractivity contribution in [2.24, 2.45) is 0 Å². The van der Waals surface area contributed by atoms with Crippen molar-refractivity contribution >= 4 is 23.6 Å². The van der Waals surface area contributed by atoms with Gasteiger partial charge in [-0.25, -0.2) is 0 Å². The molecule has 5 rings (SSSR count). The first kappa shape index (κ1) is 21.1. The van der Waals surface area contributed by atoms with E-state index in [4.69, 9.17) is 0 Å².